The molecule has 4 N–H and O–H groups in total. The van der Waals surface area contributed by atoms with Crippen molar-refractivity contribution >= 4 is 5.91 Å². The molecule has 1 aliphatic carbocycles. The summed E-state index contributed by atoms with van der Waals surface area (Å²) in [6.07, 6.45) is 4.41. The van der Waals surface area contributed by atoms with E-state index in [2.05, 4.69) is 15.3 Å². The second-order valence-corrected chi connectivity index (χ2v) is 7.96. The van der Waals surface area contributed by atoms with Gasteiger partial charge >= 0.3 is 0 Å². The van der Waals surface area contributed by atoms with Crippen LogP contribution in [0.3, 0.4) is 0 Å². The van der Waals surface area contributed by atoms with E-state index in [9.17, 15) is 9.59 Å². The van der Waals surface area contributed by atoms with Crippen molar-refractivity contribution in [3.05, 3.63) is 27.4 Å². The molecule has 6 heteroatoms. The number of nitrogens with two attached hydrogens (primary N) is 1. The molecule has 0 atom stereocenters. The van der Waals surface area contributed by atoms with Crippen LogP contribution in [0.5, 0.6) is 0 Å². The van der Waals surface area contributed by atoms with Crippen molar-refractivity contribution < 1.29 is 4.79 Å². The summed E-state index contributed by atoms with van der Waals surface area (Å²) in [6.45, 7) is 8.99. The Hall–Kier alpha value is -1.69. The quantitative estimate of drug-likeness (QED) is 0.782. The summed E-state index contributed by atoms with van der Waals surface area (Å²) in [6, 6.07) is 0. The SMILES string of the molecule is Cc1nc(C(C)(C)C)[nH]c(=O)c1C(=O)NCC1CCC(CN)CC1. The molecule has 1 saturated carbocycles. The topological polar surface area (TPSA) is 101 Å². The average Bonchev–Trinajstić information content (AvgIpc) is 2.51. The fourth-order valence-electron chi connectivity index (χ4n) is 3.21. The normalized spacial score (nSPS) is 21.5. The zero-order valence-electron chi connectivity index (χ0n) is 15.2. The lowest BCUT2D eigenvalue weighted by atomic mass is 9.82. The zero-order valence-corrected chi connectivity index (χ0v) is 15.2. The molecule has 0 aromatic carbocycles. The van der Waals surface area contributed by atoms with Gasteiger partial charge in [-0.3, -0.25) is 9.59 Å². The second kappa shape index (κ2) is 7.47. The van der Waals surface area contributed by atoms with Crippen molar-refractivity contribution in [2.45, 2.75) is 58.8 Å². The Labute approximate surface area is 143 Å². The maximum Gasteiger partial charge on any atom is 0.264 e. The lowest BCUT2D eigenvalue weighted by molar-refractivity contribution is 0.0938. The van der Waals surface area contributed by atoms with Crippen LogP contribution in [0.15, 0.2) is 4.79 Å². The molecule has 1 aliphatic rings. The minimum absolute atomic E-state index is 0.124. The van der Waals surface area contributed by atoms with Gasteiger partial charge in [0.1, 0.15) is 11.4 Å². The summed E-state index contributed by atoms with van der Waals surface area (Å²) >= 11 is 0. The Morgan fingerprint density at radius 1 is 1.25 bits per heavy atom. The highest BCUT2D eigenvalue weighted by Crippen LogP contribution is 2.27. The Balaban J connectivity index is 2.02. The van der Waals surface area contributed by atoms with Crippen molar-refractivity contribution in [3.63, 3.8) is 0 Å². The van der Waals surface area contributed by atoms with Crippen LogP contribution in [0.1, 0.15) is 68.3 Å². The molecule has 134 valence electrons. The number of hydrogen-bond donors (Lipinski definition) is 3. The van der Waals surface area contributed by atoms with Crippen molar-refractivity contribution in [1.82, 2.24) is 15.3 Å². The number of carbonyl (C=O) groups excluding carboxylic acids is 1. The van der Waals surface area contributed by atoms with E-state index in [1.807, 2.05) is 20.8 Å². The molecule has 1 aromatic rings. The number of aromatic amines is 1. The summed E-state index contributed by atoms with van der Waals surface area (Å²) in [5, 5.41) is 2.91. The Bertz CT molecular complexity index is 637. The lowest BCUT2D eigenvalue weighted by Gasteiger charge is -2.27. The molecule has 2 rings (SSSR count). The number of aryl methyl sites for hydroxylation is 1. The molecule has 0 radical (unpaired) electrons. The number of hydrogen-bond acceptors (Lipinski definition) is 4. The van der Waals surface area contributed by atoms with E-state index in [0.29, 0.717) is 29.9 Å². The van der Waals surface area contributed by atoms with E-state index in [0.717, 1.165) is 32.2 Å². The monoisotopic (exact) mass is 334 g/mol. The minimum Gasteiger partial charge on any atom is -0.352 e. The molecule has 0 aliphatic heterocycles. The number of rotatable bonds is 4. The van der Waals surface area contributed by atoms with Gasteiger partial charge < -0.3 is 16.0 Å². The number of H-pyrrole nitrogens is 1. The molecule has 24 heavy (non-hydrogen) atoms. The number of aromatic nitrogens is 2. The van der Waals surface area contributed by atoms with Crippen molar-refractivity contribution in [2.75, 3.05) is 13.1 Å². The fourth-order valence-corrected chi connectivity index (χ4v) is 3.21. The first-order chi connectivity index (χ1) is 11.2. The molecule has 1 aromatic heterocycles. The van der Waals surface area contributed by atoms with E-state index in [4.69, 9.17) is 5.73 Å². The Kier molecular flexibility index (Phi) is 5.80. The molecule has 6 nitrogen and oxygen atoms in total. The van der Waals surface area contributed by atoms with Gasteiger partial charge in [0.05, 0.1) is 5.69 Å². The standard InChI is InChI=1S/C18H30N4O2/c1-11-14(16(24)22-17(21-11)18(2,3)4)15(23)20-10-13-7-5-12(9-19)6-8-13/h12-13H,5-10,19H2,1-4H3,(H,20,23)(H,21,22,24). The highest BCUT2D eigenvalue weighted by molar-refractivity contribution is 5.94. The summed E-state index contributed by atoms with van der Waals surface area (Å²) in [5.41, 5.74) is 5.68. The zero-order chi connectivity index (χ0) is 17.9. The first-order valence-corrected chi connectivity index (χ1v) is 8.82. The number of nitrogens with one attached hydrogen (secondary N) is 2. The average molecular weight is 334 g/mol. The molecule has 0 spiro atoms. The van der Waals surface area contributed by atoms with E-state index in [-0.39, 0.29) is 22.4 Å². The van der Waals surface area contributed by atoms with Gasteiger partial charge in [0.2, 0.25) is 0 Å². The third kappa shape index (κ3) is 4.44. The van der Waals surface area contributed by atoms with Gasteiger partial charge in [0, 0.05) is 12.0 Å². The number of nitrogens with zero attached hydrogens (tertiary/aromatic N) is 1. The first-order valence-electron chi connectivity index (χ1n) is 8.82. The largest absolute Gasteiger partial charge is 0.352 e. The summed E-state index contributed by atoms with van der Waals surface area (Å²) in [7, 11) is 0. The van der Waals surface area contributed by atoms with Crippen LogP contribution in [0.4, 0.5) is 0 Å². The predicted octanol–water partition coefficient (Wildman–Crippen LogP) is 1.87. The van der Waals surface area contributed by atoms with E-state index in [1.54, 1.807) is 6.92 Å². The second-order valence-electron chi connectivity index (χ2n) is 7.96. The Morgan fingerprint density at radius 2 is 1.83 bits per heavy atom. The van der Waals surface area contributed by atoms with Gasteiger partial charge in [-0.25, -0.2) is 4.98 Å². The molecule has 1 amide bonds. The van der Waals surface area contributed by atoms with Crippen LogP contribution in [0.25, 0.3) is 0 Å². The third-order valence-corrected chi connectivity index (χ3v) is 4.89. The lowest BCUT2D eigenvalue weighted by Crippen LogP contribution is -2.37. The first kappa shape index (κ1) is 18.6. The summed E-state index contributed by atoms with van der Waals surface area (Å²) < 4.78 is 0. The van der Waals surface area contributed by atoms with E-state index >= 15 is 0 Å². The maximum absolute atomic E-state index is 12.4. The molecule has 0 saturated heterocycles. The van der Waals surface area contributed by atoms with Crippen LogP contribution >= 0.6 is 0 Å². The molecule has 0 unspecified atom stereocenters. The van der Waals surface area contributed by atoms with Crippen molar-refractivity contribution in [1.29, 1.82) is 0 Å². The van der Waals surface area contributed by atoms with Crippen molar-refractivity contribution in [2.24, 2.45) is 17.6 Å². The molecule has 0 bridgehead atoms. The van der Waals surface area contributed by atoms with Gasteiger partial charge in [0.25, 0.3) is 11.5 Å². The van der Waals surface area contributed by atoms with Crippen LogP contribution in [-0.2, 0) is 5.41 Å². The molecular weight excluding hydrogens is 304 g/mol. The van der Waals surface area contributed by atoms with Crippen LogP contribution in [0.2, 0.25) is 0 Å². The molecule has 1 fully saturated rings. The minimum atomic E-state index is -0.364. The Morgan fingerprint density at radius 3 is 2.33 bits per heavy atom. The van der Waals surface area contributed by atoms with Gasteiger partial charge in [0.15, 0.2) is 0 Å². The predicted molar refractivity (Wildman–Crippen MR) is 95.1 cm³/mol. The van der Waals surface area contributed by atoms with Crippen LogP contribution < -0.4 is 16.6 Å². The van der Waals surface area contributed by atoms with Gasteiger partial charge in [-0.05, 0) is 51.0 Å². The van der Waals surface area contributed by atoms with Crippen molar-refractivity contribution in [3.8, 4) is 0 Å². The smallest absolute Gasteiger partial charge is 0.264 e. The van der Waals surface area contributed by atoms with Gasteiger partial charge in [-0.15, -0.1) is 0 Å². The van der Waals surface area contributed by atoms with E-state index in [1.165, 1.54) is 0 Å². The molecule has 1 heterocycles. The summed E-state index contributed by atoms with van der Waals surface area (Å²) in [4.78, 5) is 31.9. The number of amides is 1. The van der Waals surface area contributed by atoms with Crippen LogP contribution in [-0.4, -0.2) is 29.0 Å². The van der Waals surface area contributed by atoms with Gasteiger partial charge in [-0.2, -0.15) is 0 Å². The number of carbonyl (C=O) groups is 1. The van der Waals surface area contributed by atoms with Crippen LogP contribution in [0, 0.1) is 18.8 Å². The fraction of sp³-hybridized carbons (Fsp3) is 0.722. The highest BCUT2D eigenvalue weighted by Gasteiger charge is 2.24. The van der Waals surface area contributed by atoms with E-state index < -0.39 is 0 Å². The molecular formula is C18H30N4O2. The maximum atomic E-state index is 12.4. The highest BCUT2D eigenvalue weighted by atomic mass is 16.2. The summed E-state index contributed by atoms with van der Waals surface area (Å²) in [5.74, 6) is 1.36. The third-order valence-electron chi connectivity index (χ3n) is 4.89. The van der Waals surface area contributed by atoms with Gasteiger partial charge in [-0.1, -0.05) is 20.8 Å².